The summed E-state index contributed by atoms with van der Waals surface area (Å²) in [5.41, 5.74) is 0.199. The Bertz CT molecular complexity index is 420. The van der Waals surface area contributed by atoms with Gasteiger partial charge in [0.15, 0.2) is 0 Å². The first-order valence-corrected chi connectivity index (χ1v) is 7.39. The lowest BCUT2D eigenvalue weighted by Gasteiger charge is -2.38. The zero-order chi connectivity index (χ0) is 14.7. The van der Waals surface area contributed by atoms with Gasteiger partial charge in [-0.05, 0) is 25.0 Å². The first-order valence-electron chi connectivity index (χ1n) is 7.39. The third kappa shape index (κ3) is 3.55. The molecule has 0 spiro atoms. The Morgan fingerprint density at radius 3 is 2.05 bits per heavy atom. The van der Waals surface area contributed by atoms with Crippen LogP contribution in [0.1, 0.15) is 32.4 Å². The molecule has 0 N–H and O–H groups in total. The highest BCUT2D eigenvalue weighted by Gasteiger charge is 2.25. The van der Waals surface area contributed by atoms with E-state index in [1.807, 2.05) is 6.92 Å². The minimum Gasteiger partial charge on any atom is -0.301 e. The largest absolute Gasteiger partial charge is 0.301 e. The maximum Gasteiger partial charge on any atom is 0.130 e. The molecule has 1 aliphatic rings. The summed E-state index contributed by atoms with van der Waals surface area (Å²) in [5.74, 6) is -0.229. The molecular formula is C16H24F2N2. The number of hydrogen-bond donors (Lipinski definition) is 0. The van der Waals surface area contributed by atoms with Gasteiger partial charge in [0.05, 0.1) is 0 Å². The van der Waals surface area contributed by atoms with Gasteiger partial charge in [0.1, 0.15) is 11.6 Å². The first kappa shape index (κ1) is 15.4. The molecule has 2 nitrogen and oxygen atoms in total. The maximum absolute atomic E-state index is 13.8. The van der Waals surface area contributed by atoms with Crippen molar-refractivity contribution in [3.05, 3.63) is 35.4 Å². The maximum atomic E-state index is 13.8. The van der Waals surface area contributed by atoms with Crippen molar-refractivity contribution in [2.24, 2.45) is 5.92 Å². The second kappa shape index (κ2) is 6.64. The first-order chi connectivity index (χ1) is 9.49. The lowest BCUT2D eigenvalue weighted by molar-refractivity contribution is 0.0921. The van der Waals surface area contributed by atoms with Gasteiger partial charge in [0.25, 0.3) is 0 Å². The molecular weight excluding hydrogens is 258 g/mol. The molecule has 0 aromatic heterocycles. The van der Waals surface area contributed by atoms with Gasteiger partial charge in [-0.25, -0.2) is 8.78 Å². The van der Waals surface area contributed by atoms with E-state index in [9.17, 15) is 8.78 Å². The Morgan fingerprint density at radius 2 is 1.55 bits per heavy atom. The third-order valence-electron chi connectivity index (χ3n) is 4.00. The second-order valence-electron chi connectivity index (χ2n) is 6.04. The molecule has 1 saturated heterocycles. The Labute approximate surface area is 120 Å². The standard InChI is InChI=1S/C16H24F2N2/c1-12(2)11-19-7-9-20(10-8-19)13(3)16-14(17)5-4-6-15(16)18/h4-6,12-13H,7-11H2,1-3H3. The molecule has 0 amide bonds. The highest BCUT2D eigenvalue weighted by molar-refractivity contribution is 5.23. The number of nitrogens with zero attached hydrogens (tertiary/aromatic N) is 2. The van der Waals surface area contributed by atoms with E-state index < -0.39 is 11.6 Å². The Morgan fingerprint density at radius 1 is 1.00 bits per heavy atom. The molecule has 112 valence electrons. The van der Waals surface area contributed by atoms with Crippen LogP contribution in [-0.2, 0) is 0 Å². The Kier molecular flexibility index (Phi) is 5.11. The molecule has 4 heteroatoms. The zero-order valence-electron chi connectivity index (χ0n) is 12.6. The van der Waals surface area contributed by atoms with E-state index in [1.165, 1.54) is 18.2 Å². The number of rotatable bonds is 4. The fourth-order valence-electron chi connectivity index (χ4n) is 2.94. The molecule has 1 atom stereocenters. The summed E-state index contributed by atoms with van der Waals surface area (Å²) in [6, 6.07) is 3.88. The van der Waals surface area contributed by atoms with Crippen molar-refractivity contribution in [1.82, 2.24) is 9.80 Å². The Hall–Kier alpha value is -1.00. The smallest absolute Gasteiger partial charge is 0.130 e. The fraction of sp³-hybridized carbons (Fsp3) is 0.625. The number of benzene rings is 1. The SMILES string of the molecule is CC(C)CN1CCN(C(C)c2c(F)cccc2F)CC1. The number of halogens is 2. The molecule has 1 aliphatic heterocycles. The minimum absolute atomic E-state index is 0.199. The van der Waals surface area contributed by atoms with Gasteiger partial charge in [0.2, 0.25) is 0 Å². The summed E-state index contributed by atoms with van der Waals surface area (Å²) in [7, 11) is 0. The average molecular weight is 282 g/mol. The van der Waals surface area contributed by atoms with Crippen LogP contribution >= 0.6 is 0 Å². The Balaban J connectivity index is 2.00. The summed E-state index contributed by atoms with van der Waals surface area (Å²) in [6.07, 6.45) is 0. The summed E-state index contributed by atoms with van der Waals surface area (Å²) in [6.45, 7) is 11.1. The molecule has 2 rings (SSSR count). The molecule has 1 unspecified atom stereocenters. The predicted molar refractivity (Wildman–Crippen MR) is 77.6 cm³/mol. The average Bonchev–Trinajstić information content (AvgIpc) is 2.38. The van der Waals surface area contributed by atoms with Crippen molar-refractivity contribution in [2.75, 3.05) is 32.7 Å². The van der Waals surface area contributed by atoms with Gasteiger partial charge in [-0.3, -0.25) is 4.90 Å². The monoisotopic (exact) mass is 282 g/mol. The predicted octanol–water partition coefficient (Wildman–Crippen LogP) is 3.30. The van der Waals surface area contributed by atoms with E-state index in [0.29, 0.717) is 5.92 Å². The molecule has 1 heterocycles. The van der Waals surface area contributed by atoms with Gasteiger partial charge in [-0.1, -0.05) is 19.9 Å². The lowest BCUT2D eigenvalue weighted by Crippen LogP contribution is -2.48. The van der Waals surface area contributed by atoms with Crippen LogP contribution in [0.5, 0.6) is 0 Å². The van der Waals surface area contributed by atoms with Crippen molar-refractivity contribution >= 4 is 0 Å². The summed E-state index contributed by atoms with van der Waals surface area (Å²) in [5, 5.41) is 0. The van der Waals surface area contributed by atoms with E-state index in [1.54, 1.807) is 0 Å². The van der Waals surface area contributed by atoms with Crippen molar-refractivity contribution < 1.29 is 8.78 Å². The summed E-state index contributed by atoms with van der Waals surface area (Å²) in [4.78, 5) is 4.59. The lowest BCUT2D eigenvalue weighted by atomic mass is 10.0. The second-order valence-corrected chi connectivity index (χ2v) is 6.04. The third-order valence-corrected chi connectivity index (χ3v) is 4.00. The molecule has 0 saturated carbocycles. The van der Waals surface area contributed by atoms with Gasteiger partial charge in [-0.15, -0.1) is 0 Å². The molecule has 0 radical (unpaired) electrons. The van der Waals surface area contributed by atoms with E-state index >= 15 is 0 Å². The van der Waals surface area contributed by atoms with E-state index in [0.717, 1.165) is 32.7 Å². The van der Waals surface area contributed by atoms with Crippen molar-refractivity contribution in [3.63, 3.8) is 0 Å². The van der Waals surface area contributed by atoms with E-state index in [4.69, 9.17) is 0 Å². The minimum atomic E-state index is -0.442. The van der Waals surface area contributed by atoms with E-state index in [2.05, 4.69) is 23.6 Å². The highest BCUT2D eigenvalue weighted by atomic mass is 19.1. The summed E-state index contributed by atoms with van der Waals surface area (Å²) < 4.78 is 27.7. The van der Waals surface area contributed by atoms with Crippen LogP contribution in [0.3, 0.4) is 0 Å². The van der Waals surface area contributed by atoms with Crippen molar-refractivity contribution in [1.29, 1.82) is 0 Å². The fourth-order valence-corrected chi connectivity index (χ4v) is 2.94. The zero-order valence-corrected chi connectivity index (χ0v) is 12.6. The van der Waals surface area contributed by atoms with Crippen LogP contribution in [-0.4, -0.2) is 42.5 Å². The van der Waals surface area contributed by atoms with Crippen LogP contribution in [0.2, 0.25) is 0 Å². The van der Waals surface area contributed by atoms with Crippen molar-refractivity contribution in [2.45, 2.75) is 26.8 Å². The molecule has 1 aromatic carbocycles. The quantitative estimate of drug-likeness (QED) is 0.836. The van der Waals surface area contributed by atoms with Crippen LogP contribution in [0.25, 0.3) is 0 Å². The summed E-state index contributed by atoms with van der Waals surface area (Å²) >= 11 is 0. The molecule has 0 aliphatic carbocycles. The van der Waals surface area contributed by atoms with Crippen LogP contribution in [0.15, 0.2) is 18.2 Å². The number of hydrogen-bond acceptors (Lipinski definition) is 2. The van der Waals surface area contributed by atoms with Gasteiger partial charge >= 0.3 is 0 Å². The molecule has 0 bridgehead atoms. The molecule has 20 heavy (non-hydrogen) atoms. The highest BCUT2D eigenvalue weighted by Crippen LogP contribution is 2.26. The van der Waals surface area contributed by atoms with Crippen LogP contribution in [0, 0.1) is 17.6 Å². The van der Waals surface area contributed by atoms with Gasteiger partial charge in [0, 0.05) is 44.3 Å². The molecule has 1 aromatic rings. The topological polar surface area (TPSA) is 6.48 Å². The van der Waals surface area contributed by atoms with Crippen LogP contribution in [0.4, 0.5) is 8.78 Å². The van der Waals surface area contributed by atoms with Crippen molar-refractivity contribution in [3.8, 4) is 0 Å². The molecule has 1 fully saturated rings. The van der Waals surface area contributed by atoms with Gasteiger partial charge in [-0.2, -0.15) is 0 Å². The van der Waals surface area contributed by atoms with Crippen LogP contribution < -0.4 is 0 Å². The van der Waals surface area contributed by atoms with Gasteiger partial charge < -0.3 is 4.90 Å². The van der Waals surface area contributed by atoms with E-state index in [-0.39, 0.29) is 11.6 Å². The number of piperazine rings is 1. The normalized spacial score (nSPS) is 19.5.